The molecule has 4 aromatic carbocycles. The molecule has 9 heteroatoms. The van der Waals surface area contributed by atoms with Crippen molar-refractivity contribution in [3.05, 3.63) is 136 Å². The molecule has 9 nitrogen and oxygen atoms in total. The summed E-state index contributed by atoms with van der Waals surface area (Å²) in [6.45, 7) is 5.44. The SMILES string of the molecule is CC(C)(C)OC(=O)N=C(N)c1ccc(OCc2ccccc2)c(C=Cc2c(C(=O)O)cccc2C(=O)OCc2ccccc2)c1. The number of benzene rings is 4. The van der Waals surface area contributed by atoms with E-state index in [4.69, 9.17) is 19.9 Å². The summed E-state index contributed by atoms with van der Waals surface area (Å²) in [6, 6.07) is 28.1. The molecule has 4 aromatic rings. The summed E-state index contributed by atoms with van der Waals surface area (Å²) in [6.07, 6.45) is 2.29. The first-order valence-electron chi connectivity index (χ1n) is 14.1. The van der Waals surface area contributed by atoms with Crippen molar-refractivity contribution in [3.8, 4) is 5.75 Å². The molecule has 0 aliphatic carbocycles. The van der Waals surface area contributed by atoms with Gasteiger partial charge in [0.05, 0.1) is 11.1 Å². The lowest BCUT2D eigenvalue weighted by molar-refractivity contribution is 0.0471. The van der Waals surface area contributed by atoms with Crippen LogP contribution in [-0.2, 0) is 22.7 Å². The van der Waals surface area contributed by atoms with E-state index in [-0.39, 0.29) is 35.7 Å². The van der Waals surface area contributed by atoms with Crippen molar-refractivity contribution in [1.82, 2.24) is 0 Å². The van der Waals surface area contributed by atoms with Gasteiger partial charge in [-0.05, 0) is 62.2 Å². The highest BCUT2D eigenvalue weighted by Crippen LogP contribution is 2.27. The number of carboxylic acid groups (broad SMARTS) is 1. The molecule has 0 unspecified atom stereocenters. The quantitative estimate of drug-likeness (QED) is 0.0842. The van der Waals surface area contributed by atoms with Gasteiger partial charge < -0.3 is 25.1 Å². The Balaban J connectivity index is 1.71. The molecule has 0 radical (unpaired) electrons. The van der Waals surface area contributed by atoms with Crippen LogP contribution in [-0.4, -0.2) is 34.6 Å². The topological polar surface area (TPSA) is 138 Å². The minimum absolute atomic E-state index is 0.0237. The predicted molar refractivity (Wildman–Crippen MR) is 172 cm³/mol. The lowest BCUT2D eigenvalue weighted by Crippen LogP contribution is -2.24. The fourth-order valence-corrected chi connectivity index (χ4v) is 4.24. The zero-order valence-corrected chi connectivity index (χ0v) is 25.2. The Bertz CT molecular complexity index is 1720. The Morgan fingerprint density at radius 1 is 0.800 bits per heavy atom. The van der Waals surface area contributed by atoms with Gasteiger partial charge in [0.15, 0.2) is 0 Å². The number of amidine groups is 1. The van der Waals surface area contributed by atoms with Crippen molar-refractivity contribution in [2.45, 2.75) is 39.6 Å². The first-order valence-corrected chi connectivity index (χ1v) is 14.1. The van der Waals surface area contributed by atoms with Gasteiger partial charge in [-0.25, -0.2) is 14.4 Å². The van der Waals surface area contributed by atoms with Crippen molar-refractivity contribution in [2.24, 2.45) is 10.7 Å². The first kappa shape index (κ1) is 32.2. The Morgan fingerprint density at radius 2 is 1.42 bits per heavy atom. The second-order valence-electron chi connectivity index (χ2n) is 11.0. The summed E-state index contributed by atoms with van der Waals surface area (Å²) in [5.41, 5.74) is 8.18. The summed E-state index contributed by atoms with van der Waals surface area (Å²) in [5, 5.41) is 9.94. The number of carbonyl (C=O) groups excluding carboxylic acids is 2. The standard InChI is InChI=1S/C36H34N2O7/c1-36(2,3)45-35(42)38-32(37)27-18-20-31(43-22-24-11-6-4-7-12-24)26(21-27)17-19-28-29(33(39)40)15-10-16-30(28)34(41)44-23-25-13-8-5-9-14-25/h4-21H,22-23H2,1-3H3,(H,39,40)(H2,37,38,42). The summed E-state index contributed by atoms with van der Waals surface area (Å²) < 4.78 is 16.9. The number of carbonyl (C=O) groups is 3. The molecule has 4 rings (SSSR count). The molecule has 0 fully saturated rings. The molecule has 1 amide bonds. The average Bonchev–Trinajstić information content (AvgIpc) is 3.01. The molecule has 45 heavy (non-hydrogen) atoms. The number of amides is 1. The second kappa shape index (κ2) is 14.7. The number of hydrogen-bond donors (Lipinski definition) is 2. The van der Waals surface area contributed by atoms with E-state index in [9.17, 15) is 19.5 Å². The van der Waals surface area contributed by atoms with E-state index in [1.165, 1.54) is 24.3 Å². The Hall–Kier alpha value is -5.70. The molecule has 230 valence electrons. The highest BCUT2D eigenvalue weighted by molar-refractivity contribution is 6.04. The summed E-state index contributed by atoms with van der Waals surface area (Å²) in [5.74, 6) is -1.52. The van der Waals surface area contributed by atoms with Crippen molar-refractivity contribution >= 4 is 36.0 Å². The van der Waals surface area contributed by atoms with Gasteiger partial charge in [-0.3, -0.25) is 0 Å². The molecule has 0 saturated heterocycles. The Labute approximate surface area is 261 Å². The van der Waals surface area contributed by atoms with Crippen LogP contribution in [0.15, 0.2) is 102 Å². The van der Waals surface area contributed by atoms with Crippen LogP contribution in [0, 0.1) is 0 Å². The molecule has 3 N–H and O–H groups in total. The molecular weight excluding hydrogens is 572 g/mol. The lowest BCUT2D eigenvalue weighted by Gasteiger charge is -2.17. The Kier molecular flexibility index (Phi) is 10.5. The van der Waals surface area contributed by atoms with Crippen LogP contribution in [0.5, 0.6) is 5.75 Å². The molecular formula is C36H34N2O7. The van der Waals surface area contributed by atoms with Gasteiger partial charge in [0.1, 0.15) is 30.4 Å². The third-order valence-corrected chi connectivity index (χ3v) is 6.35. The van der Waals surface area contributed by atoms with Crippen LogP contribution >= 0.6 is 0 Å². The number of nitrogens with zero attached hydrogens (tertiary/aromatic N) is 1. The molecule has 0 aromatic heterocycles. The largest absolute Gasteiger partial charge is 0.488 e. The van der Waals surface area contributed by atoms with Crippen molar-refractivity contribution in [3.63, 3.8) is 0 Å². The lowest BCUT2D eigenvalue weighted by atomic mass is 9.99. The van der Waals surface area contributed by atoms with Crippen molar-refractivity contribution < 1.29 is 33.7 Å². The van der Waals surface area contributed by atoms with E-state index in [1.807, 2.05) is 60.7 Å². The molecule has 0 heterocycles. The zero-order chi connectivity index (χ0) is 32.4. The predicted octanol–water partition coefficient (Wildman–Crippen LogP) is 7.13. The minimum Gasteiger partial charge on any atom is -0.488 e. The molecule has 0 bridgehead atoms. The fraction of sp³-hybridized carbons (Fsp3) is 0.167. The number of aromatic carboxylic acids is 1. The number of ether oxygens (including phenoxy) is 3. The molecule has 0 atom stereocenters. The van der Waals surface area contributed by atoms with Crippen molar-refractivity contribution in [1.29, 1.82) is 0 Å². The highest BCUT2D eigenvalue weighted by atomic mass is 16.6. The van der Waals surface area contributed by atoms with E-state index >= 15 is 0 Å². The maximum absolute atomic E-state index is 13.1. The summed E-state index contributed by atoms with van der Waals surface area (Å²) >= 11 is 0. The van der Waals surface area contributed by atoms with Crippen LogP contribution in [0.4, 0.5) is 4.79 Å². The number of esters is 1. The second-order valence-corrected chi connectivity index (χ2v) is 11.0. The normalized spacial score (nSPS) is 11.7. The molecule has 0 aliphatic rings. The van der Waals surface area contributed by atoms with Gasteiger partial charge in [0.25, 0.3) is 0 Å². The fourth-order valence-electron chi connectivity index (χ4n) is 4.24. The van der Waals surface area contributed by atoms with E-state index < -0.39 is 23.6 Å². The summed E-state index contributed by atoms with van der Waals surface area (Å²) in [4.78, 5) is 41.5. The highest BCUT2D eigenvalue weighted by Gasteiger charge is 2.19. The number of carboxylic acids is 1. The van der Waals surface area contributed by atoms with E-state index in [0.29, 0.717) is 16.9 Å². The van der Waals surface area contributed by atoms with Crippen LogP contribution in [0.1, 0.15) is 69.3 Å². The zero-order valence-electron chi connectivity index (χ0n) is 25.2. The molecule has 0 aliphatic heterocycles. The van der Waals surface area contributed by atoms with E-state index in [1.54, 1.807) is 45.0 Å². The smallest absolute Gasteiger partial charge is 0.436 e. The number of rotatable bonds is 10. The van der Waals surface area contributed by atoms with Gasteiger partial charge >= 0.3 is 18.0 Å². The van der Waals surface area contributed by atoms with Gasteiger partial charge in [-0.2, -0.15) is 4.99 Å². The van der Waals surface area contributed by atoms with E-state index in [0.717, 1.165) is 11.1 Å². The summed E-state index contributed by atoms with van der Waals surface area (Å²) in [7, 11) is 0. The maximum Gasteiger partial charge on any atom is 0.436 e. The average molecular weight is 607 g/mol. The van der Waals surface area contributed by atoms with Gasteiger partial charge in [-0.1, -0.05) is 78.9 Å². The van der Waals surface area contributed by atoms with Crippen LogP contribution in [0.3, 0.4) is 0 Å². The monoisotopic (exact) mass is 606 g/mol. The third-order valence-electron chi connectivity index (χ3n) is 6.35. The maximum atomic E-state index is 13.1. The third kappa shape index (κ3) is 9.39. The van der Waals surface area contributed by atoms with Gasteiger partial charge in [-0.15, -0.1) is 0 Å². The molecule has 0 saturated carbocycles. The number of aliphatic imine (C=N–C) groups is 1. The van der Waals surface area contributed by atoms with Crippen molar-refractivity contribution in [2.75, 3.05) is 0 Å². The van der Waals surface area contributed by atoms with Crippen LogP contribution in [0.2, 0.25) is 0 Å². The minimum atomic E-state index is -1.21. The Morgan fingerprint density at radius 3 is 2.04 bits per heavy atom. The van der Waals surface area contributed by atoms with Gasteiger partial charge in [0.2, 0.25) is 0 Å². The first-order chi connectivity index (χ1) is 21.5. The van der Waals surface area contributed by atoms with Crippen LogP contribution < -0.4 is 10.5 Å². The number of nitrogens with two attached hydrogens (primary N) is 1. The molecule has 0 spiro atoms. The number of hydrogen-bond acceptors (Lipinski definition) is 6. The van der Waals surface area contributed by atoms with Gasteiger partial charge in [0, 0.05) is 16.7 Å². The van der Waals surface area contributed by atoms with Crippen LogP contribution in [0.25, 0.3) is 12.2 Å². The van der Waals surface area contributed by atoms with E-state index in [2.05, 4.69) is 4.99 Å².